The summed E-state index contributed by atoms with van der Waals surface area (Å²) in [5.74, 6) is -0.893. The second-order valence-corrected chi connectivity index (χ2v) is 3.40. The van der Waals surface area contributed by atoms with Crippen LogP contribution in [0.3, 0.4) is 0 Å². The number of fused-ring (bicyclic) bond motifs is 1. The van der Waals surface area contributed by atoms with Gasteiger partial charge in [-0.2, -0.15) is 0 Å². The first-order valence-electron chi connectivity index (χ1n) is 4.71. The highest BCUT2D eigenvalue weighted by Gasteiger charge is 2.09. The number of aromatic nitrogens is 1. The second-order valence-electron chi connectivity index (χ2n) is 3.40. The van der Waals surface area contributed by atoms with Crippen LogP contribution in [0.1, 0.15) is 16.1 Å². The van der Waals surface area contributed by atoms with E-state index in [0.717, 1.165) is 16.6 Å². The lowest BCUT2D eigenvalue weighted by Gasteiger charge is -1.94. The summed E-state index contributed by atoms with van der Waals surface area (Å²) < 4.78 is 0. The third kappa shape index (κ3) is 1.71. The number of H-pyrrole nitrogens is 1. The Balaban J connectivity index is 2.59. The molecule has 2 rings (SSSR count). The van der Waals surface area contributed by atoms with E-state index >= 15 is 0 Å². The van der Waals surface area contributed by atoms with Gasteiger partial charge in [-0.25, -0.2) is 4.79 Å². The van der Waals surface area contributed by atoms with E-state index in [2.05, 4.69) is 10.3 Å². The van der Waals surface area contributed by atoms with Crippen LogP contribution in [0.4, 0.5) is 0 Å². The molecule has 4 nitrogen and oxygen atoms in total. The molecule has 0 bridgehead atoms. The molecule has 1 aromatic heterocycles. The zero-order chi connectivity index (χ0) is 10.8. The normalized spacial score (nSPS) is 10.7. The fourth-order valence-electron chi connectivity index (χ4n) is 1.69. The van der Waals surface area contributed by atoms with Crippen molar-refractivity contribution in [3.63, 3.8) is 0 Å². The maximum atomic E-state index is 11.0. The molecule has 0 unspecified atom stereocenters. The summed E-state index contributed by atoms with van der Waals surface area (Å²) in [4.78, 5) is 14.1. The molecule has 0 aliphatic rings. The van der Waals surface area contributed by atoms with Gasteiger partial charge in [0.25, 0.3) is 0 Å². The highest BCUT2D eigenvalue weighted by molar-refractivity contribution is 6.03. The highest BCUT2D eigenvalue weighted by Crippen LogP contribution is 2.19. The van der Waals surface area contributed by atoms with Crippen LogP contribution < -0.4 is 5.32 Å². The van der Waals surface area contributed by atoms with Crippen molar-refractivity contribution in [2.75, 3.05) is 7.05 Å². The van der Waals surface area contributed by atoms with E-state index in [4.69, 9.17) is 5.11 Å². The van der Waals surface area contributed by atoms with Crippen LogP contribution in [-0.2, 0) is 6.54 Å². The van der Waals surface area contributed by atoms with Gasteiger partial charge >= 0.3 is 5.97 Å². The first kappa shape index (κ1) is 9.73. The van der Waals surface area contributed by atoms with Crippen molar-refractivity contribution in [1.29, 1.82) is 0 Å². The summed E-state index contributed by atoms with van der Waals surface area (Å²) in [6, 6.07) is 7.10. The molecule has 1 aromatic carbocycles. The molecule has 4 heteroatoms. The average Bonchev–Trinajstić information content (AvgIpc) is 2.59. The van der Waals surface area contributed by atoms with Crippen LogP contribution in [-0.4, -0.2) is 23.1 Å². The Labute approximate surface area is 86.9 Å². The van der Waals surface area contributed by atoms with E-state index in [1.165, 1.54) is 0 Å². The first-order chi connectivity index (χ1) is 7.22. The standard InChI is InChI=1S/C11H12N2O2/c1-12-6-7-5-9-8(11(14)15)3-2-4-10(9)13-7/h2-5,12-13H,6H2,1H3,(H,14,15). The number of rotatable bonds is 3. The number of carboxylic acid groups (broad SMARTS) is 1. The summed E-state index contributed by atoms with van der Waals surface area (Å²) >= 11 is 0. The van der Waals surface area contributed by atoms with Gasteiger partial charge in [0, 0.05) is 23.1 Å². The van der Waals surface area contributed by atoms with Gasteiger partial charge in [-0.05, 0) is 25.2 Å². The number of hydrogen-bond acceptors (Lipinski definition) is 2. The molecule has 0 radical (unpaired) electrons. The van der Waals surface area contributed by atoms with Crippen LogP contribution >= 0.6 is 0 Å². The van der Waals surface area contributed by atoms with Gasteiger partial charge in [-0.3, -0.25) is 0 Å². The van der Waals surface area contributed by atoms with Crippen molar-refractivity contribution >= 4 is 16.9 Å². The van der Waals surface area contributed by atoms with E-state index in [1.807, 2.05) is 19.2 Å². The molecular weight excluding hydrogens is 192 g/mol. The molecule has 1 heterocycles. The van der Waals surface area contributed by atoms with Gasteiger partial charge in [0.2, 0.25) is 0 Å². The number of benzene rings is 1. The van der Waals surface area contributed by atoms with Gasteiger partial charge in [0.1, 0.15) is 0 Å². The van der Waals surface area contributed by atoms with Crippen LogP contribution in [0, 0.1) is 0 Å². The van der Waals surface area contributed by atoms with Crippen molar-refractivity contribution in [3.05, 3.63) is 35.5 Å². The van der Waals surface area contributed by atoms with E-state index in [1.54, 1.807) is 12.1 Å². The summed E-state index contributed by atoms with van der Waals surface area (Å²) in [6.07, 6.45) is 0. The summed E-state index contributed by atoms with van der Waals surface area (Å²) in [6.45, 7) is 0.702. The third-order valence-electron chi connectivity index (χ3n) is 2.32. The van der Waals surface area contributed by atoms with Gasteiger partial charge in [0.15, 0.2) is 0 Å². The Kier molecular flexibility index (Phi) is 2.43. The lowest BCUT2D eigenvalue weighted by atomic mass is 10.1. The summed E-state index contributed by atoms with van der Waals surface area (Å²) in [5.41, 5.74) is 2.19. The van der Waals surface area contributed by atoms with Crippen molar-refractivity contribution in [3.8, 4) is 0 Å². The van der Waals surface area contributed by atoms with E-state index < -0.39 is 5.97 Å². The van der Waals surface area contributed by atoms with Gasteiger partial charge in [-0.1, -0.05) is 6.07 Å². The Bertz CT molecular complexity index is 502. The van der Waals surface area contributed by atoms with Crippen LogP contribution in [0.15, 0.2) is 24.3 Å². The number of carboxylic acids is 1. The predicted molar refractivity (Wildman–Crippen MR) is 58.0 cm³/mol. The molecular formula is C11H12N2O2. The zero-order valence-corrected chi connectivity index (χ0v) is 8.37. The first-order valence-corrected chi connectivity index (χ1v) is 4.71. The topological polar surface area (TPSA) is 65.1 Å². The molecule has 0 amide bonds. The Morgan fingerprint density at radius 3 is 3.00 bits per heavy atom. The summed E-state index contributed by atoms with van der Waals surface area (Å²) in [7, 11) is 1.85. The zero-order valence-electron chi connectivity index (χ0n) is 8.37. The minimum atomic E-state index is -0.893. The monoisotopic (exact) mass is 204 g/mol. The van der Waals surface area contributed by atoms with Gasteiger partial charge in [-0.15, -0.1) is 0 Å². The maximum Gasteiger partial charge on any atom is 0.336 e. The molecule has 0 spiro atoms. The number of nitrogens with one attached hydrogen (secondary N) is 2. The van der Waals surface area contributed by atoms with Crippen LogP contribution in [0.5, 0.6) is 0 Å². The molecule has 78 valence electrons. The van der Waals surface area contributed by atoms with Crippen molar-refractivity contribution in [2.24, 2.45) is 0 Å². The second kappa shape index (κ2) is 3.74. The maximum absolute atomic E-state index is 11.0. The molecule has 3 N–H and O–H groups in total. The largest absolute Gasteiger partial charge is 0.478 e. The third-order valence-corrected chi connectivity index (χ3v) is 2.32. The van der Waals surface area contributed by atoms with E-state index in [-0.39, 0.29) is 0 Å². The lowest BCUT2D eigenvalue weighted by molar-refractivity contribution is 0.0699. The van der Waals surface area contributed by atoms with Gasteiger partial charge in [0.05, 0.1) is 5.56 Å². The summed E-state index contributed by atoms with van der Waals surface area (Å²) in [5, 5.41) is 12.8. The van der Waals surface area contributed by atoms with Crippen LogP contribution in [0.2, 0.25) is 0 Å². The van der Waals surface area contributed by atoms with Crippen molar-refractivity contribution in [1.82, 2.24) is 10.3 Å². The SMILES string of the molecule is CNCc1cc2c(C(=O)O)cccc2[nH]1. The van der Waals surface area contributed by atoms with E-state index in [9.17, 15) is 4.79 Å². The minimum Gasteiger partial charge on any atom is -0.478 e. The molecule has 0 saturated carbocycles. The Morgan fingerprint density at radius 1 is 1.53 bits per heavy atom. The quantitative estimate of drug-likeness (QED) is 0.711. The molecule has 2 aromatic rings. The highest BCUT2D eigenvalue weighted by atomic mass is 16.4. The smallest absolute Gasteiger partial charge is 0.336 e. The lowest BCUT2D eigenvalue weighted by Crippen LogP contribution is -2.04. The van der Waals surface area contributed by atoms with Crippen molar-refractivity contribution < 1.29 is 9.90 Å². The molecule has 0 aliphatic heterocycles. The minimum absolute atomic E-state index is 0.339. The van der Waals surface area contributed by atoms with Crippen molar-refractivity contribution in [2.45, 2.75) is 6.54 Å². The fourth-order valence-corrected chi connectivity index (χ4v) is 1.69. The predicted octanol–water partition coefficient (Wildman–Crippen LogP) is 1.59. The fraction of sp³-hybridized carbons (Fsp3) is 0.182. The number of aromatic carboxylic acids is 1. The van der Waals surface area contributed by atoms with Gasteiger partial charge < -0.3 is 15.4 Å². The number of hydrogen-bond donors (Lipinski definition) is 3. The number of aromatic amines is 1. The Hall–Kier alpha value is -1.81. The molecule has 0 atom stereocenters. The number of carbonyl (C=O) groups is 1. The molecule has 0 saturated heterocycles. The van der Waals surface area contributed by atoms with E-state index in [0.29, 0.717) is 12.1 Å². The van der Waals surface area contributed by atoms with Crippen LogP contribution in [0.25, 0.3) is 10.9 Å². The Morgan fingerprint density at radius 2 is 2.33 bits per heavy atom. The molecule has 0 aliphatic carbocycles. The average molecular weight is 204 g/mol. The molecule has 15 heavy (non-hydrogen) atoms. The molecule has 0 fully saturated rings.